The van der Waals surface area contributed by atoms with Gasteiger partial charge in [-0.2, -0.15) is 0 Å². The molecule has 0 aromatic heterocycles. The first-order valence-electron chi connectivity index (χ1n) is 7.37. The predicted octanol–water partition coefficient (Wildman–Crippen LogP) is 3.42. The Morgan fingerprint density at radius 2 is 1.65 bits per heavy atom. The number of hydrogen-bond acceptors (Lipinski definition) is 2. The van der Waals surface area contributed by atoms with E-state index in [9.17, 15) is 0 Å². The van der Waals surface area contributed by atoms with E-state index in [0.29, 0.717) is 6.04 Å². The van der Waals surface area contributed by atoms with E-state index in [2.05, 4.69) is 45.0 Å². The Bertz CT molecular complexity index is 199. The molecule has 0 saturated heterocycles. The lowest BCUT2D eigenvalue weighted by Gasteiger charge is -2.34. The standard InChI is InChI=1S/C15H32N2/c1-13(12-16-15(2,3)4)17(5)14-10-8-6-7-9-11-14/h13-14,16H,6-12H2,1-5H3. The second-order valence-corrected chi connectivity index (χ2v) is 6.79. The van der Waals surface area contributed by atoms with Gasteiger partial charge in [0, 0.05) is 24.2 Å². The molecule has 1 fully saturated rings. The van der Waals surface area contributed by atoms with E-state index in [1.165, 1.54) is 38.5 Å². The SMILES string of the molecule is CC(CNC(C)(C)C)N(C)C1CCCCCC1. The van der Waals surface area contributed by atoms with E-state index in [1.54, 1.807) is 0 Å². The van der Waals surface area contributed by atoms with Crippen LogP contribution in [0.5, 0.6) is 0 Å². The fraction of sp³-hybridized carbons (Fsp3) is 1.00. The lowest BCUT2D eigenvalue weighted by molar-refractivity contribution is 0.158. The van der Waals surface area contributed by atoms with Gasteiger partial charge in [-0.25, -0.2) is 0 Å². The number of hydrogen-bond donors (Lipinski definition) is 1. The van der Waals surface area contributed by atoms with Gasteiger partial charge in [0.05, 0.1) is 0 Å². The molecule has 102 valence electrons. The van der Waals surface area contributed by atoms with Crippen molar-refractivity contribution in [1.29, 1.82) is 0 Å². The van der Waals surface area contributed by atoms with E-state index >= 15 is 0 Å². The van der Waals surface area contributed by atoms with Gasteiger partial charge >= 0.3 is 0 Å². The summed E-state index contributed by atoms with van der Waals surface area (Å²) in [4.78, 5) is 2.60. The predicted molar refractivity (Wildman–Crippen MR) is 76.5 cm³/mol. The highest BCUT2D eigenvalue weighted by atomic mass is 15.2. The molecule has 1 N–H and O–H groups in total. The molecule has 0 aromatic carbocycles. The summed E-state index contributed by atoms with van der Waals surface area (Å²) in [5.41, 5.74) is 0.235. The minimum atomic E-state index is 0.235. The second kappa shape index (κ2) is 6.75. The van der Waals surface area contributed by atoms with Crippen molar-refractivity contribution in [1.82, 2.24) is 10.2 Å². The average Bonchev–Trinajstić information content (AvgIpc) is 2.52. The highest BCUT2D eigenvalue weighted by molar-refractivity contribution is 4.80. The van der Waals surface area contributed by atoms with E-state index in [0.717, 1.165) is 12.6 Å². The van der Waals surface area contributed by atoms with Crippen LogP contribution in [0.4, 0.5) is 0 Å². The lowest BCUT2D eigenvalue weighted by Crippen LogP contribution is -2.48. The molecule has 0 heterocycles. The summed E-state index contributed by atoms with van der Waals surface area (Å²) in [6.45, 7) is 10.2. The summed E-state index contributed by atoms with van der Waals surface area (Å²) in [6, 6.07) is 1.45. The molecule has 1 aliphatic carbocycles. The van der Waals surface area contributed by atoms with Crippen LogP contribution in [0.1, 0.15) is 66.2 Å². The smallest absolute Gasteiger partial charge is 0.0192 e. The third-order valence-electron chi connectivity index (χ3n) is 4.02. The maximum Gasteiger partial charge on any atom is 0.0192 e. The second-order valence-electron chi connectivity index (χ2n) is 6.79. The number of rotatable bonds is 4. The molecule has 0 amide bonds. The third kappa shape index (κ3) is 5.87. The van der Waals surface area contributed by atoms with E-state index < -0.39 is 0 Å². The van der Waals surface area contributed by atoms with Crippen molar-refractivity contribution in [3.8, 4) is 0 Å². The van der Waals surface area contributed by atoms with Crippen molar-refractivity contribution in [2.24, 2.45) is 0 Å². The molecule has 1 unspecified atom stereocenters. The molecular weight excluding hydrogens is 208 g/mol. The molecule has 0 bridgehead atoms. The summed E-state index contributed by atoms with van der Waals surface area (Å²) in [6.07, 6.45) is 8.54. The quantitative estimate of drug-likeness (QED) is 0.758. The summed E-state index contributed by atoms with van der Waals surface area (Å²) in [5, 5.41) is 3.62. The summed E-state index contributed by atoms with van der Waals surface area (Å²) < 4.78 is 0. The number of nitrogens with one attached hydrogen (secondary N) is 1. The zero-order valence-corrected chi connectivity index (χ0v) is 12.6. The summed E-state index contributed by atoms with van der Waals surface area (Å²) >= 11 is 0. The highest BCUT2D eigenvalue weighted by Crippen LogP contribution is 2.22. The molecule has 1 rings (SSSR count). The zero-order valence-electron chi connectivity index (χ0n) is 12.6. The van der Waals surface area contributed by atoms with E-state index in [-0.39, 0.29) is 5.54 Å². The van der Waals surface area contributed by atoms with Crippen LogP contribution in [-0.2, 0) is 0 Å². The fourth-order valence-electron chi connectivity index (χ4n) is 2.62. The number of nitrogens with zero attached hydrogens (tertiary/aromatic N) is 1. The molecule has 1 saturated carbocycles. The molecule has 0 aromatic rings. The zero-order chi connectivity index (χ0) is 12.9. The first-order chi connectivity index (χ1) is 7.90. The van der Waals surface area contributed by atoms with E-state index in [4.69, 9.17) is 0 Å². The normalized spacial score (nSPS) is 21.5. The maximum atomic E-state index is 3.62. The molecule has 17 heavy (non-hydrogen) atoms. The van der Waals surface area contributed by atoms with Crippen LogP contribution in [0.3, 0.4) is 0 Å². The Morgan fingerprint density at radius 3 is 2.12 bits per heavy atom. The molecule has 2 heteroatoms. The van der Waals surface area contributed by atoms with Crippen molar-refractivity contribution in [2.45, 2.75) is 83.8 Å². The minimum absolute atomic E-state index is 0.235. The van der Waals surface area contributed by atoms with Crippen LogP contribution in [-0.4, -0.2) is 36.1 Å². The van der Waals surface area contributed by atoms with Crippen molar-refractivity contribution in [3.63, 3.8) is 0 Å². The Labute approximate surface area is 108 Å². The Kier molecular flexibility index (Phi) is 5.94. The molecule has 1 aliphatic rings. The average molecular weight is 240 g/mol. The Balaban J connectivity index is 2.36. The van der Waals surface area contributed by atoms with Gasteiger partial charge in [0.1, 0.15) is 0 Å². The Hall–Kier alpha value is -0.0800. The van der Waals surface area contributed by atoms with Crippen molar-refractivity contribution < 1.29 is 0 Å². The van der Waals surface area contributed by atoms with Gasteiger partial charge in [-0.05, 0) is 47.6 Å². The van der Waals surface area contributed by atoms with Crippen LogP contribution in [0.15, 0.2) is 0 Å². The van der Waals surface area contributed by atoms with Crippen LogP contribution in [0, 0.1) is 0 Å². The van der Waals surface area contributed by atoms with Gasteiger partial charge in [0.15, 0.2) is 0 Å². The molecular formula is C15H32N2. The summed E-state index contributed by atoms with van der Waals surface area (Å²) in [7, 11) is 2.31. The number of likely N-dealkylation sites (N-methyl/N-ethyl adjacent to an activating group) is 1. The van der Waals surface area contributed by atoms with Crippen molar-refractivity contribution >= 4 is 0 Å². The molecule has 0 spiro atoms. The minimum Gasteiger partial charge on any atom is -0.311 e. The highest BCUT2D eigenvalue weighted by Gasteiger charge is 2.21. The molecule has 0 radical (unpaired) electrons. The van der Waals surface area contributed by atoms with Crippen LogP contribution in [0.25, 0.3) is 0 Å². The van der Waals surface area contributed by atoms with Gasteiger partial charge in [-0.3, -0.25) is 4.90 Å². The van der Waals surface area contributed by atoms with Gasteiger partial charge < -0.3 is 5.32 Å². The molecule has 1 atom stereocenters. The lowest BCUT2D eigenvalue weighted by atomic mass is 10.0. The maximum absolute atomic E-state index is 3.62. The topological polar surface area (TPSA) is 15.3 Å². The molecule has 0 aliphatic heterocycles. The summed E-state index contributed by atoms with van der Waals surface area (Å²) in [5.74, 6) is 0. The van der Waals surface area contributed by atoms with Crippen molar-refractivity contribution in [2.75, 3.05) is 13.6 Å². The monoisotopic (exact) mass is 240 g/mol. The van der Waals surface area contributed by atoms with Gasteiger partial charge in [-0.15, -0.1) is 0 Å². The first kappa shape index (κ1) is 15.0. The third-order valence-corrected chi connectivity index (χ3v) is 4.02. The van der Waals surface area contributed by atoms with Gasteiger partial charge in [0.25, 0.3) is 0 Å². The van der Waals surface area contributed by atoms with E-state index in [1.807, 2.05) is 0 Å². The first-order valence-corrected chi connectivity index (χ1v) is 7.37. The van der Waals surface area contributed by atoms with Gasteiger partial charge in [-0.1, -0.05) is 25.7 Å². The largest absolute Gasteiger partial charge is 0.311 e. The fourth-order valence-corrected chi connectivity index (χ4v) is 2.62. The van der Waals surface area contributed by atoms with Gasteiger partial charge in [0.2, 0.25) is 0 Å². The molecule has 2 nitrogen and oxygen atoms in total. The van der Waals surface area contributed by atoms with Crippen LogP contribution < -0.4 is 5.32 Å². The van der Waals surface area contributed by atoms with Crippen LogP contribution in [0.2, 0.25) is 0 Å². The van der Waals surface area contributed by atoms with Crippen molar-refractivity contribution in [3.05, 3.63) is 0 Å². The Morgan fingerprint density at radius 1 is 1.12 bits per heavy atom. The van der Waals surface area contributed by atoms with Crippen LogP contribution >= 0.6 is 0 Å².